The highest BCUT2D eigenvalue weighted by Crippen LogP contribution is 2.30. The molecular formula is C19H21N3O3S2. The summed E-state index contributed by atoms with van der Waals surface area (Å²) in [6.07, 6.45) is 0. The van der Waals surface area contributed by atoms with E-state index in [9.17, 15) is 13.2 Å². The normalized spacial score (nSPS) is 14.7. The third-order valence-corrected chi connectivity index (χ3v) is 6.45. The molecule has 2 aromatic carbocycles. The van der Waals surface area contributed by atoms with E-state index < -0.39 is 10.0 Å². The Labute approximate surface area is 163 Å². The molecule has 0 fully saturated rings. The van der Waals surface area contributed by atoms with Crippen LogP contribution in [0.25, 0.3) is 0 Å². The number of fused-ring (bicyclic) bond motifs is 1. The van der Waals surface area contributed by atoms with Crippen LogP contribution in [0.3, 0.4) is 0 Å². The van der Waals surface area contributed by atoms with Gasteiger partial charge < -0.3 is 10.2 Å². The number of carbonyl (C=O) groups is 1. The van der Waals surface area contributed by atoms with Crippen LogP contribution in [-0.4, -0.2) is 36.7 Å². The van der Waals surface area contributed by atoms with Gasteiger partial charge in [0, 0.05) is 13.1 Å². The molecule has 142 valence electrons. The molecule has 3 rings (SSSR count). The predicted octanol–water partition coefficient (Wildman–Crippen LogP) is 3.25. The van der Waals surface area contributed by atoms with E-state index in [4.69, 9.17) is 0 Å². The van der Waals surface area contributed by atoms with Crippen molar-refractivity contribution in [2.24, 2.45) is 4.40 Å². The number of rotatable bonds is 5. The lowest BCUT2D eigenvalue weighted by Crippen LogP contribution is -2.32. The second-order valence-corrected chi connectivity index (χ2v) is 8.71. The average molecular weight is 404 g/mol. The van der Waals surface area contributed by atoms with Crippen molar-refractivity contribution in [3.8, 4) is 0 Å². The molecule has 0 atom stereocenters. The highest BCUT2D eigenvalue weighted by Gasteiger charge is 2.25. The first-order valence-electron chi connectivity index (χ1n) is 8.56. The summed E-state index contributed by atoms with van der Waals surface area (Å²) in [5.41, 5.74) is 2.49. The minimum Gasteiger partial charge on any atom is -0.338 e. The van der Waals surface area contributed by atoms with E-state index in [0.29, 0.717) is 18.8 Å². The summed E-state index contributed by atoms with van der Waals surface area (Å²) in [7, 11) is -3.75. The highest BCUT2D eigenvalue weighted by molar-refractivity contribution is 8.15. The lowest BCUT2D eigenvalue weighted by Gasteiger charge is -2.22. The van der Waals surface area contributed by atoms with Gasteiger partial charge in [-0.3, -0.25) is 4.79 Å². The van der Waals surface area contributed by atoms with Crippen molar-refractivity contribution in [3.63, 3.8) is 0 Å². The van der Waals surface area contributed by atoms with E-state index in [1.54, 1.807) is 23.1 Å². The number of sulfonamides is 1. The summed E-state index contributed by atoms with van der Waals surface area (Å²) in [4.78, 5) is 14.4. The Hall–Kier alpha value is -2.32. The number of nitrogens with one attached hydrogen (secondary N) is 1. The molecule has 0 saturated heterocycles. The van der Waals surface area contributed by atoms with Crippen LogP contribution in [0.2, 0.25) is 0 Å². The van der Waals surface area contributed by atoms with Gasteiger partial charge in [0.2, 0.25) is 5.91 Å². The van der Waals surface area contributed by atoms with E-state index >= 15 is 0 Å². The molecule has 1 heterocycles. The van der Waals surface area contributed by atoms with Crippen molar-refractivity contribution in [3.05, 3.63) is 59.7 Å². The van der Waals surface area contributed by atoms with E-state index in [0.717, 1.165) is 22.9 Å². The largest absolute Gasteiger partial charge is 0.338 e. The lowest BCUT2D eigenvalue weighted by molar-refractivity contribution is -0.128. The lowest BCUT2D eigenvalue weighted by atomic mass is 10.2. The number of hydrogen-bond donors (Lipinski definition) is 1. The van der Waals surface area contributed by atoms with Gasteiger partial charge in [-0.05, 0) is 37.1 Å². The smallest absolute Gasteiger partial charge is 0.286 e. The summed E-state index contributed by atoms with van der Waals surface area (Å²) in [6.45, 7) is 4.91. The van der Waals surface area contributed by atoms with Crippen molar-refractivity contribution in [2.45, 2.75) is 25.3 Å². The molecule has 1 amide bonds. The molecule has 0 radical (unpaired) electrons. The summed E-state index contributed by atoms with van der Waals surface area (Å²) in [5, 5.41) is 3.24. The molecule has 0 saturated carbocycles. The van der Waals surface area contributed by atoms with Crippen LogP contribution in [0.15, 0.2) is 57.8 Å². The summed E-state index contributed by atoms with van der Waals surface area (Å²) in [6, 6.07) is 14.8. The molecule has 2 aromatic rings. The third-order valence-electron chi connectivity index (χ3n) is 4.14. The molecule has 8 heteroatoms. The first-order chi connectivity index (χ1) is 12.9. The number of benzene rings is 2. The predicted molar refractivity (Wildman–Crippen MR) is 109 cm³/mol. The fraction of sp³-hybridized carbons (Fsp3) is 0.263. The van der Waals surface area contributed by atoms with Crippen LogP contribution in [-0.2, 0) is 21.4 Å². The maximum Gasteiger partial charge on any atom is 0.286 e. The standard InChI is InChI=1S/C19H21N3O3S2/c1-3-22(12-15-7-5-4-6-8-15)18(23)13-26-19-20-16-11-14(2)9-10-17(16)27(24,25)21-19/h4-11H,3,12-13H2,1-2H3,(H,20,21). The van der Waals surface area contributed by atoms with Gasteiger partial charge in [0.05, 0.1) is 11.4 Å². The third kappa shape index (κ3) is 4.70. The Morgan fingerprint density at radius 1 is 1.19 bits per heavy atom. The van der Waals surface area contributed by atoms with E-state index in [2.05, 4.69) is 9.71 Å². The Kier molecular flexibility index (Phi) is 5.86. The van der Waals surface area contributed by atoms with Gasteiger partial charge in [-0.2, -0.15) is 8.42 Å². The van der Waals surface area contributed by atoms with Crippen molar-refractivity contribution in [1.29, 1.82) is 0 Å². The molecule has 1 aliphatic heterocycles. The first-order valence-corrected chi connectivity index (χ1v) is 11.0. The highest BCUT2D eigenvalue weighted by atomic mass is 32.2. The van der Waals surface area contributed by atoms with Gasteiger partial charge in [-0.15, -0.1) is 4.40 Å². The van der Waals surface area contributed by atoms with Crippen LogP contribution in [0.5, 0.6) is 0 Å². The number of nitrogens with zero attached hydrogens (tertiary/aromatic N) is 2. The number of aryl methyl sites for hydroxylation is 1. The fourth-order valence-corrected chi connectivity index (χ4v) is 4.85. The first kappa shape index (κ1) is 19.4. The zero-order valence-corrected chi connectivity index (χ0v) is 16.8. The Morgan fingerprint density at radius 2 is 1.93 bits per heavy atom. The van der Waals surface area contributed by atoms with Crippen LogP contribution in [0.1, 0.15) is 18.1 Å². The van der Waals surface area contributed by atoms with Gasteiger partial charge >= 0.3 is 0 Å². The number of thioether (sulfide) groups is 1. The molecular weight excluding hydrogens is 382 g/mol. The minimum atomic E-state index is -3.75. The monoisotopic (exact) mass is 403 g/mol. The fourth-order valence-electron chi connectivity index (χ4n) is 2.73. The number of carbonyl (C=O) groups excluding carboxylic acids is 1. The zero-order valence-electron chi connectivity index (χ0n) is 15.2. The SMILES string of the molecule is CCN(Cc1ccccc1)C(=O)CSC1=NS(=O)(=O)c2ccc(C)cc2N1. The van der Waals surface area contributed by atoms with E-state index in [1.165, 1.54) is 0 Å². The van der Waals surface area contributed by atoms with Crippen molar-refractivity contribution < 1.29 is 13.2 Å². The zero-order chi connectivity index (χ0) is 19.4. The van der Waals surface area contributed by atoms with Gasteiger partial charge in [-0.25, -0.2) is 0 Å². The van der Waals surface area contributed by atoms with Gasteiger partial charge in [-0.1, -0.05) is 48.2 Å². The quantitative estimate of drug-likeness (QED) is 0.829. The molecule has 0 unspecified atom stereocenters. The Morgan fingerprint density at radius 3 is 2.63 bits per heavy atom. The number of hydrogen-bond acceptors (Lipinski definition) is 5. The van der Waals surface area contributed by atoms with Crippen molar-refractivity contribution >= 4 is 38.5 Å². The molecule has 0 bridgehead atoms. The van der Waals surface area contributed by atoms with E-state index in [1.807, 2.05) is 44.2 Å². The molecule has 1 N–H and O–H groups in total. The summed E-state index contributed by atoms with van der Waals surface area (Å²) < 4.78 is 28.5. The van der Waals surface area contributed by atoms with E-state index in [-0.39, 0.29) is 21.7 Å². The number of anilines is 1. The minimum absolute atomic E-state index is 0.0664. The molecule has 0 spiro atoms. The molecule has 6 nitrogen and oxygen atoms in total. The summed E-state index contributed by atoms with van der Waals surface area (Å²) >= 11 is 1.10. The van der Waals surface area contributed by atoms with Crippen LogP contribution in [0, 0.1) is 6.92 Å². The maximum absolute atomic E-state index is 12.6. The van der Waals surface area contributed by atoms with Gasteiger partial charge in [0.1, 0.15) is 4.90 Å². The average Bonchev–Trinajstić information content (AvgIpc) is 2.64. The second kappa shape index (κ2) is 8.14. The second-order valence-electron chi connectivity index (χ2n) is 6.18. The Bertz CT molecular complexity index is 973. The molecule has 27 heavy (non-hydrogen) atoms. The molecule has 1 aliphatic rings. The van der Waals surface area contributed by atoms with Gasteiger partial charge in [0.15, 0.2) is 5.17 Å². The van der Waals surface area contributed by atoms with Crippen LogP contribution < -0.4 is 5.32 Å². The molecule has 0 aliphatic carbocycles. The van der Waals surface area contributed by atoms with Crippen molar-refractivity contribution in [1.82, 2.24) is 4.90 Å². The van der Waals surface area contributed by atoms with Crippen LogP contribution >= 0.6 is 11.8 Å². The van der Waals surface area contributed by atoms with Gasteiger partial charge in [0.25, 0.3) is 10.0 Å². The summed E-state index contributed by atoms with van der Waals surface area (Å²) in [5.74, 6) is 0.0479. The molecule has 0 aromatic heterocycles. The number of amidine groups is 1. The maximum atomic E-state index is 12.6. The van der Waals surface area contributed by atoms with Crippen molar-refractivity contribution in [2.75, 3.05) is 17.6 Å². The number of amides is 1. The van der Waals surface area contributed by atoms with Crippen LogP contribution in [0.4, 0.5) is 5.69 Å². The Balaban J connectivity index is 1.67. The topological polar surface area (TPSA) is 78.8 Å².